The molecule has 1 aliphatic heterocycles. The molecule has 1 aromatic rings. The molecule has 0 bridgehead atoms. The van der Waals surface area contributed by atoms with Crippen molar-refractivity contribution in [2.75, 3.05) is 27.2 Å². The molecule has 1 unspecified atom stereocenters. The predicted octanol–water partition coefficient (Wildman–Crippen LogP) is 1.23. The van der Waals surface area contributed by atoms with E-state index in [-0.39, 0.29) is 24.8 Å². The first-order valence-corrected chi connectivity index (χ1v) is 7.08. The Bertz CT molecular complexity index is 585. The van der Waals surface area contributed by atoms with Gasteiger partial charge in [0.15, 0.2) is 5.76 Å². The van der Waals surface area contributed by atoms with Crippen LogP contribution in [0.4, 0.5) is 13.2 Å². The van der Waals surface area contributed by atoms with E-state index in [0.29, 0.717) is 12.2 Å². The topological polar surface area (TPSA) is 65.8 Å². The maximum atomic E-state index is 12.4. The zero-order valence-corrected chi connectivity index (χ0v) is 12.8. The molecule has 1 fully saturated rings. The van der Waals surface area contributed by atoms with Crippen LogP contribution in [0.25, 0.3) is 0 Å². The summed E-state index contributed by atoms with van der Waals surface area (Å²) < 4.78 is 42.6. The fourth-order valence-electron chi connectivity index (χ4n) is 2.57. The lowest BCUT2D eigenvalue weighted by atomic mass is 10.2. The molecule has 1 aliphatic rings. The van der Waals surface area contributed by atoms with Crippen molar-refractivity contribution in [3.8, 4) is 0 Å². The minimum Gasteiger partial charge on any atom is -0.455 e. The molecule has 1 saturated heterocycles. The molecular formula is C14H18F3N3O3. The molecule has 0 radical (unpaired) electrons. The Morgan fingerprint density at radius 3 is 2.78 bits per heavy atom. The monoisotopic (exact) mass is 333 g/mol. The van der Waals surface area contributed by atoms with Crippen LogP contribution >= 0.6 is 0 Å². The van der Waals surface area contributed by atoms with E-state index in [0.717, 1.165) is 4.90 Å². The highest BCUT2D eigenvalue weighted by Gasteiger charge is 2.40. The number of nitrogens with zero attached hydrogens (tertiary/aromatic N) is 2. The lowest BCUT2D eigenvalue weighted by Crippen LogP contribution is -2.42. The molecule has 0 saturated carbocycles. The fourth-order valence-corrected chi connectivity index (χ4v) is 2.57. The molecule has 6 nitrogen and oxygen atoms in total. The average Bonchev–Trinajstić information content (AvgIpc) is 3.05. The molecule has 1 aromatic heterocycles. The van der Waals surface area contributed by atoms with Crippen LogP contribution in [0.2, 0.25) is 0 Å². The smallest absolute Gasteiger partial charge is 0.406 e. The van der Waals surface area contributed by atoms with E-state index in [1.54, 1.807) is 18.0 Å². The van der Waals surface area contributed by atoms with Crippen molar-refractivity contribution in [2.24, 2.45) is 0 Å². The van der Waals surface area contributed by atoms with Gasteiger partial charge in [0, 0.05) is 13.6 Å². The minimum absolute atomic E-state index is 0.0784. The van der Waals surface area contributed by atoms with Crippen LogP contribution < -0.4 is 5.32 Å². The van der Waals surface area contributed by atoms with E-state index >= 15 is 0 Å². The third-order valence-corrected chi connectivity index (χ3v) is 3.69. The van der Waals surface area contributed by atoms with Crippen molar-refractivity contribution in [1.82, 2.24) is 15.1 Å². The number of halogens is 3. The molecular weight excluding hydrogens is 315 g/mol. The quantitative estimate of drug-likeness (QED) is 0.880. The number of carbonyl (C=O) groups excluding carboxylic acids is 2. The zero-order chi connectivity index (χ0) is 17.2. The van der Waals surface area contributed by atoms with Gasteiger partial charge in [-0.3, -0.25) is 14.5 Å². The Balaban J connectivity index is 1.96. The zero-order valence-electron chi connectivity index (χ0n) is 12.8. The summed E-state index contributed by atoms with van der Waals surface area (Å²) in [6.45, 7) is -0.917. The van der Waals surface area contributed by atoms with Gasteiger partial charge >= 0.3 is 6.18 Å². The summed E-state index contributed by atoms with van der Waals surface area (Å²) >= 11 is 0. The highest BCUT2D eigenvalue weighted by Crippen LogP contribution is 2.24. The number of hydrogen-bond acceptors (Lipinski definition) is 4. The molecule has 23 heavy (non-hydrogen) atoms. The van der Waals surface area contributed by atoms with Crippen LogP contribution in [-0.2, 0) is 11.3 Å². The summed E-state index contributed by atoms with van der Waals surface area (Å²) in [5, 5.41) is 2.42. The van der Waals surface area contributed by atoms with Gasteiger partial charge in [-0.2, -0.15) is 13.2 Å². The van der Waals surface area contributed by atoms with Gasteiger partial charge in [0.25, 0.3) is 5.91 Å². The maximum absolute atomic E-state index is 12.4. The van der Waals surface area contributed by atoms with Gasteiger partial charge in [-0.1, -0.05) is 0 Å². The molecule has 128 valence electrons. The highest BCUT2D eigenvalue weighted by atomic mass is 19.4. The number of hydrogen-bond donors (Lipinski definition) is 1. The van der Waals surface area contributed by atoms with Crippen molar-refractivity contribution in [3.63, 3.8) is 0 Å². The third kappa shape index (κ3) is 4.25. The van der Waals surface area contributed by atoms with Crippen molar-refractivity contribution in [2.45, 2.75) is 25.2 Å². The van der Waals surface area contributed by atoms with E-state index in [1.165, 1.54) is 13.1 Å². The molecule has 1 N–H and O–H groups in total. The van der Waals surface area contributed by atoms with Crippen LogP contribution in [0, 0.1) is 0 Å². The van der Waals surface area contributed by atoms with Gasteiger partial charge < -0.3 is 14.6 Å². The van der Waals surface area contributed by atoms with Crippen LogP contribution in [0.3, 0.4) is 0 Å². The van der Waals surface area contributed by atoms with E-state index in [4.69, 9.17) is 4.42 Å². The molecule has 0 aliphatic carbocycles. The van der Waals surface area contributed by atoms with Crippen LogP contribution in [0.5, 0.6) is 0 Å². The second-order valence-electron chi connectivity index (χ2n) is 5.44. The number of carbonyl (C=O) groups is 2. The number of rotatable bonds is 5. The van der Waals surface area contributed by atoms with Crippen molar-refractivity contribution >= 4 is 11.8 Å². The third-order valence-electron chi connectivity index (χ3n) is 3.69. The maximum Gasteiger partial charge on any atom is 0.406 e. The highest BCUT2D eigenvalue weighted by molar-refractivity contribution is 5.91. The minimum atomic E-state index is -4.40. The summed E-state index contributed by atoms with van der Waals surface area (Å²) in [5.41, 5.74) is 0. The standard InChI is InChI=1S/C14H18F3N3O3/c1-18-12(21)11-4-3-9(23-11)7-19(2)10-5-6-20(13(10)22)8-14(15,16)17/h3-4,10H,5-8H2,1-2H3,(H,18,21). The second kappa shape index (κ2) is 6.61. The molecule has 2 amide bonds. The van der Waals surface area contributed by atoms with Crippen molar-refractivity contribution in [3.05, 3.63) is 23.7 Å². The number of likely N-dealkylation sites (tertiary alicyclic amines) is 1. The van der Waals surface area contributed by atoms with Gasteiger partial charge in [-0.25, -0.2) is 0 Å². The molecule has 0 spiro atoms. The van der Waals surface area contributed by atoms with Crippen LogP contribution in [0.1, 0.15) is 22.7 Å². The van der Waals surface area contributed by atoms with E-state index < -0.39 is 24.7 Å². The second-order valence-corrected chi connectivity index (χ2v) is 5.44. The number of alkyl halides is 3. The largest absolute Gasteiger partial charge is 0.455 e. The van der Waals surface area contributed by atoms with Gasteiger partial charge in [-0.05, 0) is 25.6 Å². The number of furan rings is 1. The summed E-state index contributed by atoms with van der Waals surface area (Å²) in [6, 6.07) is 2.49. The Morgan fingerprint density at radius 2 is 2.17 bits per heavy atom. The summed E-state index contributed by atoms with van der Waals surface area (Å²) in [7, 11) is 3.12. The normalized spacial score (nSPS) is 18.8. The molecule has 9 heteroatoms. The van der Waals surface area contributed by atoms with E-state index in [1.807, 2.05) is 0 Å². The Morgan fingerprint density at radius 1 is 1.48 bits per heavy atom. The van der Waals surface area contributed by atoms with Gasteiger partial charge in [0.2, 0.25) is 5.91 Å². The lowest BCUT2D eigenvalue weighted by molar-refractivity contribution is -0.159. The number of likely N-dealkylation sites (N-methyl/N-ethyl adjacent to an activating group) is 1. The number of nitrogens with one attached hydrogen (secondary N) is 1. The van der Waals surface area contributed by atoms with Crippen LogP contribution in [-0.4, -0.2) is 61.0 Å². The Labute approximate surface area is 131 Å². The summed E-state index contributed by atoms with van der Waals surface area (Å²) in [4.78, 5) is 25.9. The predicted molar refractivity (Wildman–Crippen MR) is 74.6 cm³/mol. The molecule has 1 atom stereocenters. The van der Waals surface area contributed by atoms with Crippen LogP contribution in [0.15, 0.2) is 16.5 Å². The van der Waals surface area contributed by atoms with E-state index in [9.17, 15) is 22.8 Å². The molecule has 0 aromatic carbocycles. The van der Waals surface area contributed by atoms with Gasteiger partial charge in [-0.15, -0.1) is 0 Å². The average molecular weight is 333 g/mol. The fraction of sp³-hybridized carbons (Fsp3) is 0.571. The van der Waals surface area contributed by atoms with Crippen molar-refractivity contribution in [1.29, 1.82) is 0 Å². The Kier molecular flexibility index (Phi) is 4.98. The first kappa shape index (κ1) is 17.3. The first-order valence-electron chi connectivity index (χ1n) is 7.08. The summed E-state index contributed by atoms with van der Waals surface area (Å²) in [6.07, 6.45) is -4.07. The first-order chi connectivity index (χ1) is 10.7. The SMILES string of the molecule is CNC(=O)c1ccc(CN(C)C2CCN(CC(F)(F)F)C2=O)o1. The lowest BCUT2D eigenvalue weighted by Gasteiger charge is -2.23. The van der Waals surface area contributed by atoms with Crippen molar-refractivity contribution < 1.29 is 27.2 Å². The molecule has 2 heterocycles. The van der Waals surface area contributed by atoms with Gasteiger partial charge in [0.1, 0.15) is 12.3 Å². The number of amides is 2. The Hall–Kier alpha value is -2.03. The summed E-state index contributed by atoms with van der Waals surface area (Å²) in [5.74, 6) is -0.296. The molecule has 2 rings (SSSR count). The van der Waals surface area contributed by atoms with E-state index in [2.05, 4.69) is 5.32 Å². The van der Waals surface area contributed by atoms with Gasteiger partial charge in [0.05, 0.1) is 12.6 Å².